The first-order valence-electron chi connectivity index (χ1n) is 5.10. The van der Waals surface area contributed by atoms with E-state index in [0.717, 1.165) is 13.2 Å². The Morgan fingerprint density at radius 1 is 1.44 bits per heavy atom. The smallest absolute Gasteiger partial charge is 0.261 e. The van der Waals surface area contributed by atoms with Gasteiger partial charge in [0.15, 0.2) is 0 Å². The molecule has 0 aliphatic carbocycles. The van der Waals surface area contributed by atoms with Crippen LogP contribution in [0.5, 0.6) is 0 Å². The second-order valence-electron chi connectivity index (χ2n) is 3.48. The highest BCUT2D eigenvalue weighted by Crippen LogP contribution is 2.06. The van der Waals surface area contributed by atoms with Crippen LogP contribution in [0.3, 0.4) is 0 Å². The molecule has 0 amide bonds. The van der Waals surface area contributed by atoms with Crippen molar-refractivity contribution in [1.82, 2.24) is 9.80 Å². The van der Waals surface area contributed by atoms with Gasteiger partial charge in [0, 0.05) is 25.1 Å². The molecule has 0 unspecified atom stereocenters. The molecule has 1 aliphatic rings. The first-order valence-corrected chi connectivity index (χ1v) is 6.95. The van der Waals surface area contributed by atoms with Gasteiger partial charge in [-0.3, -0.25) is 4.55 Å². The topological polar surface area (TPSA) is 60.9 Å². The van der Waals surface area contributed by atoms with Crippen molar-refractivity contribution < 1.29 is 13.0 Å². The lowest BCUT2D eigenvalue weighted by molar-refractivity contribution is 0.315. The van der Waals surface area contributed by atoms with Crippen LogP contribution in [-0.2, 0) is 10.1 Å². The Balaban J connectivity index is 0.000000385. The number of hydrogen-bond donors (Lipinski definition) is 1. The second kappa shape index (κ2) is 7.29. The van der Waals surface area contributed by atoms with Gasteiger partial charge in [-0.15, -0.1) is 0 Å². The highest BCUT2D eigenvalue weighted by molar-refractivity contribution is 7.85. The molecule has 0 aromatic heterocycles. The molecule has 0 saturated carbocycles. The lowest BCUT2D eigenvalue weighted by Crippen LogP contribution is -2.22. The maximum absolute atomic E-state index is 9.19. The van der Waals surface area contributed by atoms with E-state index in [1.807, 2.05) is 6.92 Å². The molecule has 5 nitrogen and oxygen atoms in total. The van der Waals surface area contributed by atoms with Gasteiger partial charge in [0.05, 0.1) is 12.9 Å². The van der Waals surface area contributed by atoms with Crippen LogP contribution in [-0.4, -0.2) is 42.2 Å². The fourth-order valence-electron chi connectivity index (χ4n) is 1.20. The van der Waals surface area contributed by atoms with Crippen molar-refractivity contribution in [3.05, 3.63) is 24.7 Å². The summed E-state index contributed by atoms with van der Waals surface area (Å²) in [5.41, 5.74) is 0. The van der Waals surface area contributed by atoms with E-state index in [4.69, 9.17) is 4.55 Å². The van der Waals surface area contributed by atoms with E-state index in [0.29, 0.717) is 6.26 Å². The third kappa shape index (κ3) is 9.54. The molecule has 0 spiro atoms. The number of allylic oxidation sites excluding steroid dienone is 1. The average molecular weight is 248 g/mol. The molecule has 16 heavy (non-hydrogen) atoms. The largest absolute Gasteiger partial charge is 0.358 e. The standard InChI is InChI=1S/C9H16N2.CH4O3S/c1-3-5-10-7-8-11(9-10)6-4-2;1-5(2,3)4/h3,5,7-8H,4,6,9H2,1-2H3;1H3,(H,2,3,4). The van der Waals surface area contributed by atoms with E-state index in [1.54, 1.807) is 0 Å². The molecule has 1 heterocycles. The molecule has 1 aliphatic heterocycles. The van der Waals surface area contributed by atoms with Gasteiger partial charge in [0.1, 0.15) is 0 Å². The molecule has 0 bridgehead atoms. The lowest BCUT2D eigenvalue weighted by Gasteiger charge is -2.17. The zero-order chi connectivity index (χ0) is 12.6. The maximum Gasteiger partial charge on any atom is 0.261 e. The zero-order valence-electron chi connectivity index (χ0n) is 10.00. The zero-order valence-corrected chi connectivity index (χ0v) is 10.8. The third-order valence-corrected chi connectivity index (χ3v) is 1.67. The molecule has 1 rings (SSSR count). The van der Waals surface area contributed by atoms with Crippen molar-refractivity contribution in [2.75, 3.05) is 19.5 Å². The number of rotatable bonds is 3. The van der Waals surface area contributed by atoms with Crippen LogP contribution < -0.4 is 0 Å². The van der Waals surface area contributed by atoms with Gasteiger partial charge in [0.2, 0.25) is 0 Å². The molecule has 0 aromatic rings. The van der Waals surface area contributed by atoms with Crippen molar-refractivity contribution in [1.29, 1.82) is 0 Å². The number of nitrogens with zero attached hydrogens (tertiary/aromatic N) is 2. The summed E-state index contributed by atoms with van der Waals surface area (Å²) in [5, 5.41) is 0. The van der Waals surface area contributed by atoms with Gasteiger partial charge >= 0.3 is 0 Å². The Hall–Kier alpha value is -1.01. The highest BCUT2D eigenvalue weighted by Gasteiger charge is 2.06. The first kappa shape index (κ1) is 15.0. The molecule has 0 fully saturated rings. The average Bonchev–Trinajstić information content (AvgIpc) is 2.51. The van der Waals surface area contributed by atoms with Gasteiger partial charge in [-0.05, 0) is 13.3 Å². The SMILES string of the molecule is CC=CN1C=CN(CCC)C1.CS(=O)(=O)O. The molecular weight excluding hydrogens is 228 g/mol. The minimum atomic E-state index is -3.67. The van der Waals surface area contributed by atoms with E-state index in [2.05, 4.69) is 41.4 Å². The molecule has 0 aromatic carbocycles. The minimum Gasteiger partial charge on any atom is -0.358 e. The Bertz CT molecular complexity index is 328. The Morgan fingerprint density at radius 3 is 2.44 bits per heavy atom. The van der Waals surface area contributed by atoms with Crippen LogP contribution in [0.2, 0.25) is 0 Å². The van der Waals surface area contributed by atoms with Gasteiger partial charge in [0.25, 0.3) is 10.1 Å². The first-order chi connectivity index (χ1) is 7.36. The summed E-state index contributed by atoms with van der Waals surface area (Å²) < 4.78 is 25.9. The van der Waals surface area contributed by atoms with E-state index in [9.17, 15) is 8.42 Å². The summed E-state index contributed by atoms with van der Waals surface area (Å²) in [7, 11) is -3.67. The van der Waals surface area contributed by atoms with Gasteiger partial charge < -0.3 is 9.80 Å². The molecule has 94 valence electrons. The lowest BCUT2D eigenvalue weighted by atomic mass is 10.4. The predicted octanol–water partition coefficient (Wildman–Crippen LogP) is 1.48. The molecule has 0 atom stereocenters. The van der Waals surface area contributed by atoms with Gasteiger partial charge in [-0.25, -0.2) is 0 Å². The van der Waals surface area contributed by atoms with Gasteiger partial charge in [-0.2, -0.15) is 8.42 Å². The summed E-state index contributed by atoms with van der Waals surface area (Å²) in [5.74, 6) is 0. The second-order valence-corrected chi connectivity index (χ2v) is 4.95. The molecule has 0 radical (unpaired) electrons. The normalized spacial score (nSPS) is 15.5. The third-order valence-electron chi connectivity index (χ3n) is 1.67. The van der Waals surface area contributed by atoms with Crippen molar-refractivity contribution in [3.8, 4) is 0 Å². The Labute approximate surface area is 97.8 Å². The maximum atomic E-state index is 9.19. The van der Waals surface area contributed by atoms with Crippen LogP contribution in [0.1, 0.15) is 20.3 Å². The van der Waals surface area contributed by atoms with E-state index >= 15 is 0 Å². The summed E-state index contributed by atoms with van der Waals surface area (Å²) >= 11 is 0. The summed E-state index contributed by atoms with van der Waals surface area (Å²) in [6.07, 6.45) is 10.3. The highest BCUT2D eigenvalue weighted by atomic mass is 32.2. The summed E-state index contributed by atoms with van der Waals surface area (Å²) in [4.78, 5) is 4.48. The van der Waals surface area contributed by atoms with Crippen molar-refractivity contribution in [3.63, 3.8) is 0 Å². The van der Waals surface area contributed by atoms with E-state index < -0.39 is 10.1 Å². The Morgan fingerprint density at radius 2 is 2.00 bits per heavy atom. The van der Waals surface area contributed by atoms with Crippen LogP contribution in [0.15, 0.2) is 24.7 Å². The van der Waals surface area contributed by atoms with Gasteiger partial charge in [-0.1, -0.05) is 13.0 Å². The van der Waals surface area contributed by atoms with E-state index in [-0.39, 0.29) is 0 Å². The van der Waals surface area contributed by atoms with Crippen molar-refractivity contribution >= 4 is 10.1 Å². The fraction of sp³-hybridized carbons (Fsp3) is 0.600. The molecule has 6 heteroatoms. The summed E-state index contributed by atoms with van der Waals surface area (Å²) in [6.45, 7) is 6.41. The Kier molecular flexibility index (Phi) is 6.83. The molecular formula is C10H20N2O3S. The monoisotopic (exact) mass is 248 g/mol. The van der Waals surface area contributed by atoms with Crippen molar-refractivity contribution in [2.45, 2.75) is 20.3 Å². The minimum absolute atomic E-state index is 0.715. The van der Waals surface area contributed by atoms with Crippen LogP contribution >= 0.6 is 0 Å². The van der Waals surface area contributed by atoms with Crippen LogP contribution in [0.4, 0.5) is 0 Å². The van der Waals surface area contributed by atoms with Crippen molar-refractivity contribution in [2.24, 2.45) is 0 Å². The molecule has 1 N–H and O–H groups in total. The quantitative estimate of drug-likeness (QED) is 0.767. The van der Waals surface area contributed by atoms with Crippen LogP contribution in [0.25, 0.3) is 0 Å². The van der Waals surface area contributed by atoms with E-state index in [1.165, 1.54) is 6.42 Å². The molecule has 0 saturated heterocycles. The fourth-order valence-corrected chi connectivity index (χ4v) is 1.20. The number of hydrogen-bond acceptors (Lipinski definition) is 4. The summed E-state index contributed by atoms with van der Waals surface area (Å²) in [6, 6.07) is 0. The van der Waals surface area contributed by atoms with Crippen LogP contribution in [0, 0.1) is 0 Å². The predicted molar refractivity (Wildman–Crippen MR) is 65.1 cm³/mol.